The summed E-state index contributed by atoms with van der Waals surface area (Å²) in [5.41, 5.74) is -1.04. The number of hydrogen-bond acceptors (Lipinski definition) is 2. The Labute approximate surface area is 138 Å². The lowest BCUT2D eigenvalue weighted by Gasteiger charge is -2.06. The van der Waals surface area contributed by atoms with E-state index in [4.69, 9.17) is 0 Å². The van der Waals surface area contributed by atoms with Crippen LogP contribution in [0.4, 0.5) is 22.0 Å². The Morgan fingerprint density at radius 3 is 2.00 bits per heavy atom. The summed E-state index contributed by atoms with van der Waals surface area (Å²) >= 11 is 0. The summed E-state index contributed by atoms with van der Waals surface area (Å²) in [5, 5.41) is 3.45. The van der Waals surface area contributed by atoms with Crippen LogP contribution in [0.15, 0.2) is 17.3 Å². The van der Waals surface area contributed by atoms with Gasteiger partial charge >= 0.3 is 0 Å². The zero-order valence-corrected chi connectivity index (χ0v) is 13.4. The van der Waals surface area contributed by atoms with Crippen molar-refractivity contribution in [2.75, 3.05) is 0 Å². The first-order chi connectivity index (χ1) is 11.5. The highest BCUT2D eigenvalue weighted by Gasteiger charge is 2.25. The smallest absolute Gasteiger partial charge is 0.200 e. The molecule has 0 amide bonds. The van der Waals surface area contributed by atoms with Crippen LogP contribution >= 0.6 is 0 Å². The minimum absolute atomic E-state index is 0.543. The van der Waals surface area contributed by atoms with Gasteiger partial charge in [0.25, 0.3) is 0 Å². The summed E-state index contributed by atoms with van der Waals surface area (Å²) < 4.78 is 65.5. The maximum Gasteiger partial charge on any atom is 0.200 e. The van der Waals surface area contributed by atoms with Crippen molar-refractivity contribution in [3.63, 3.8) is 0 Å². The molecule has 1 aromatic rings. The van der Waals surface area contributed by atoms with E-state index in [1.165, 1.54) is 19.1 Å². The Morgan fingerprint density at radius 2 is 1.38 bits per heavy atom. The molecule has 0 saturated heterocycles. The van der Waals surface area contributed by atoms with Gasteiger partial charge in [0.15, 0.2) is 23.3 Å². The number of unbranched alkanes of at least 4 members (excludes halogenated alkanes) is 4. The third kappa shape index (κ3) is 5.94. The van der Waals surface area contributed by atoms with E-state index in [-0.39, 0.29) is 0 Å². The van der Waals surface area contributed by atoms with E-state index >= 15 is 0 Å². The molecule has 0 saturated carbocycles. The second-order valence-corrected chi connectivity index (χ2v) is 5.15. The fourth-order valence-corrected chi connectivity index (χ4v) is 1.90. The van der Waals surface area contributed by atoms with E-state index in [9.17, 15) is 22.0 Å². The third-order valence-electron chi connectivity index (χ3n) is 3.26. The highest BCUT2D eigenvalue weighted by Crippen LogP contribution is 2.23. The van der Waals surface area contributed by atoms with Crippen LogP contribution in [0.3, 0.4) is 0 Å². The van der Waals surface area contributed by atoms with Gasteiger partial charge in [-0.15, -0.1) is 0 Å². The minimum atomic E-state index is -2.19. The first kappa shape index (κ1) is 20.1. The zero-order valence-electron chi connectivity index (χ0n) is 13.4. The van der Waals surface area contributed by atoms with Crippen LogP contribution in [0.2, 0.25) is 0 Å². The summed E-state index contributed by atoms with van der Waals surface area (Å²) in [6.45, 7) is 1.29. The summed E-state index contributed by atoms with van der Waals surface area (Å²) in [5.74, 6) is -9.99. The number of allylic oxidation sites excluding steroid dienone is 2. The number of oxime groups is 1. The number of halogens is 5. The van der Waals surface area contributed by atoms with Crippen molar-refractivity contribution in [1.82, 2.24) is 0 Å². The fourth-order valence-electron chi connectivity index (χ4n) is 1.90. The van der Waals surface area contributed by atoms with Gasteiger partial charge < -0.3 is 4.84 Å². The molecule has 0 aliphatic heterocycles. The Hall–Kier alpha value is -1.92. The molecular formula is C17H20F5NO. The van der Waals surface area contributed by atoms with Crippen LogP contribution in [0.1, 0.15) is 51.0 Å². The Morgan fingerprint density at radius 1 is 0.792 bits per heavy atom. The highest BCUT2D eigenvalue weighted by atomic mass is 19.2. The van der Waals surface area contributed by atoms with E-state index in [2.05, 4.69) is 23.0 Å². The lowest BCUT2D eigenvalue weighted by molar-refractivity contribution is 0.124. The van der Waals surface area contributed by atoms with Gasteiger partial charge in [0.05, 0.1) is 5.56 Å². The minimum Gasteiger partial charge on any atom is -0.391 e. The van der Waals surface area contributed by atoms with Gasteiger partial charge in [-0.3, -0.25) is 0 Å². The molecule has 0 atom stereocenters. The zero-order chi connectivity index (χ0) is 17.9. The normalized spacial score (nSPS) is 11.8. The monoisotopic (exact) mass is 349 g/mol. The second kappa shape index (κ2) is 10.8. The molecular weight excluding hydrogens is 329 g/mol. The van der Waals surface area contributed by atoms with Gasteiger partial charge in [-0.25, -0.2) is 22.0 Å². The lowest BCUT2D eigenvalue weighted by Crippen LogP contribution is -2.07. The maximum absolute atomic E-state index is 13.3. The Bertz CT molecular complexity index is 558. The fraction of sp³-hybridized carbons (Fsp3) is 0.471. The summed E-state index contributed by atoms with van der Waals surface area (Å²) in [7, 11) is 0. The van der Waals surface area contributed by atoms with Crippen molar-refractivity contribution in [2.24, 2.45) is 5.16 Å². The van der Waals surface area contributed by atoms with Crippen LogP contribution in [0, 0.1) is 29.1 Å². The molecule has 134 valence electrons. The number of hydrogen-bond donors (Lipinski definition) is 0. The maximum atomic E-state index is 13.3. The number of nitrogens with zero attached hydrogens (tertiary/aromatic N) is 1. The van der Waals surface area contributed by atoms with Gasteiger partial charge in [-0.05, 0) is 25.7 Å². The molecule has 0 N–H and O–H groups in total. The first-order valence-corrected chi connectivity index (χ1v) is 7.79. The van der Waals surface area contributed by atoms with E-state index in [1.807, 2.05) is 6.08 Å². The van der Waals surface area contributed by atoms with E-state index in [0.29, 0.717) is 6.42 Å². The summed E-state index contributed by atoms with van der Waals surface area (Å²) in [4.78, 5) is 4.60. The van der Waals surface area contributed by atoms with Crippen molar-refractivity contribution in [2.45, 2.75) is 52.1 Å². The largest absolute Gasteiger partial charge is 0.391 e. The second-order valence-electron chi connectivity index (χ2n) is 5.15. The molecule has 0 aliphatic carbocycles. The van der Waals surface area contributed by atoms with E-state index < -0.39 is 41.3 Å². The molecule has 0 bridgehead atoms. The van der Waals surface area contributed by atoms with Crippen LogP contribution < -0.4 is 0 Å². The number of rotatable bonds is 10. The lowest BCUT2D eigenvalue weighted by atomic mass is 10.2. The van der Waals surface area contributed by atoms with Gasteiger partial charge in [0.1, 0.15) is 6.61 Å². The average molecular weight is 349 g/mol. The highest BCUT2D eigenvalue weighted by molar-refractivity contribution is 5.56. The van der Waals surface area contributed by atoms with E-state index in [1.54, 1.807) is 0 Å². The molecule has 0 aliphatic rings. The van der Waals surface area contributed by atoms with Gasteiger partial charge in [0.2, 0.25) is 5.82 Å². The molecule has 24 heavy (non-hydrogen) atoms. The van der Waals surface area contributed by atoms with Crippen LogP contribution in [-0.2, 0) is 11.4 Å². The molecule has 0 unspecified atom stereocenters. The molecule has 0 fully saturated rings. The van der Waals surface area contributed by atoms with Crippen molar-refractivity contribution >= 4 is 6.21 Å². The Kier molecular flexibility index (Phi) is 9.04. The van der Waals surface area contributed by atoms with Crippen molar-refractivity contribution < 1.29 is 26.8 Å². The van der Waals surface area contributed by atoms with Gasteiger partial charge in [-0.2, -0.15) is 0 Å². The first-order valence-electron chi connectivity index (χ1n) is 7.79. The molecule has 0 spiro atoms. The molecule has 1 aromatic carbocycles. The van der Waals surface area contributed by atoms with Crippen molar-refractivity contribution in [1.29, 1.82) is 0 Å². The summed E-state index contributed by atoms with van der Waals surface area (Å²) in [6, 6.07) is 0. The van der Waals surface area contributed by atoms with Gasteiger partial charge in [0, 0.05) is 6.21 Å². The average Bonchev–Trinajstić information content (AvgIpc) is 2.58. The molecule has 0 radical (unpaired) electrons. The molecule has 2 nitrogen and oxygen atoms in total. The molecule has 7 heteroatoms. The molecule has 0 heterocycles. The van der Waals surface area contributed by atoms with Crippen molar-refractivity contribution in [3.05, 3.63) is 46.8 Å². The quantitative estimate of drug-likeness (QED) is 0.0995. The third-order valence-corrected chi connectivity index (χ3v) is 3.26. The molecule has 1 rings (SSSR count). The number of benzene rings is 1. The SMILES string of the molecule is CCCCC/C=C/CC/C=N/OCc1c(F)c(F)c(F)c(F)c1F. The summed E-state index contributed by atoms with van der Waals surface area (Å²) in [6.07, 6.45) is 11.2. The standard InChI is InChI=1S/C17H20F5NO/c1-2-3-4-5-6-7-8-9-10-23-24-11-12-13(18)15(20)17(22)16(21)14(12)19/h6-7,10H,2-5,8-9,11H2,1H3/b7-6+,23-10+. The van der Waals surface area contributed by atoms with E-state index in [0.717, 1.165) is 19.3 Å². The predicted octanol–water partition coefficient (Wildman–Crippen LogP) is 5.80. The van der Waals surface area contributed by atoms with Crippen LogP contribution in [-0.4, -0.2) is 6.21 Å². The van der Waals surface area contributed by atoms with Crippen LogP contribution in [0.25, 0.3) is 0 Å². The molecule has 0 aromatic heterocycles. The Balaban J connectivity index is 2.38. The van der Waals surface area contributed by atoms with Crippen LogP contribution in [0.5, 0.6) is 0 Å². The topological polar surface area (TPSA) is 21.6 Å². The van der Waals surface area contributed by atoms with Gasteiger partial charge in [-0.1, -0.05) is 37.1 Å². The van der Waals surface area contributed by atoms with Crippen molar-refractivity contribution in [3.8, 4) is 0 Å². The predicted molar refractivity (Wildman–Crippen MR) is 82.0 cm³/mol.